The topological polar surface area (TPSA) is 64.4 Å². The molecule has 1 unspecified atom stereocenters. The number of nitrogens with zero attached hydrogens (tertiary/aromatic N) is 3. The van der Waals surface area contributed by atoms with E-state index in [4.69, 9.17) is 4.74 Å². The first-order chi connectivity index (χ1) is 12.0. The number of hydrogen-bond donors (Lipinski definition) is 0. The van der Waals surface area contributed by atoms with E-state index >= 15 is 0 Å². The van der Waals surface area contributed by atoms with E-state index < -0.39 is 0 Å². The molecular formula is C19H25N3O3. The van der Waals surface area contributed by atoms with Crippen molar-refractivity contribution in [3.05, 3.63) is 40.3 Å². The van der Waals surface area contributed by atoms with E-state index in [2.05, 4.69) is 5.10 Å². The monoisotopic (exact) mass is 343 g/mol. The highest BCUT2D eigenvalue weighted by atomic mass is 16.5. The lowest BCUT2D eigenvalue weighted by atomic mass is 10.1. The fraction of sp³-hybridized carbons (Fsp3) is 0.526. The minimum Gasteiger partial charge on any atom is -0.376 e. The smallest absolute Gasteiger partial charge is 0.275 e. The van der Waals surface area contributed by atoms with Crippen molar-refractivity contribution >= 4 is 16.7 Å². The maximum Gasteiger partial charge on any atom is 0.275 e. The van der Waals surface area contributed by atoms with E-state index in [0.29, 0.717) is 29.6 Å². The molecule has 6 heteroatoms. The Labute approximate surface area is 147 Å². The molecule has 1 fully saturated rings. The van der Waals surface area contributed by atoms with Crippen molar-refractivity contribution in [1.29, 1.82) is 0 Å². The third kappa shape index (κ3) is 3.44. The number of aromatic nitrogens is 2. The lowest BCUT2D eigenvalue weighted by Crippen LogP contribution is -2.39. The molecule has 3 rings (SSSR count). The van der Waals surface area contributed by atoms with Gasteiger partial charge in [-0.25, -0.2) is 4.68 Å². The number of amides is 1. The number of likely N-dealkylation sites (N-methyl/N-ethyl adjacent to an activating group) is 1. The Hall–Kier alpha value is -2.21. The molecule has 0 N–H and O–H groups in total. The van der Waals surface area contributed by atoms with Crippen LogP contribution in [-0.4, -0.2) is 46.4 Å². The first-order valence-corrected chi connectivity index (χ1v) is 8.95. The molecular weight excluding hydrogens is 318 g/mol. The molecule has 0 saturated carbocycles. The first kappa shape index (κ1) is 17.6. The molecule has 0 bridgehead atoms. The largest absolute Gasteiger partial charge is 0.376 e. The summed E-state index contributed by atoms with van der Waals surface area (Å²) in [6.45, 7) is 7.63. The van der Waals surface area contributed by atoms with Crippen LogP contribution < -0.4 is 5.56 Å². The Morgan fingerprint density at radius 3 is 2.68 bits per heavy atom. The molecule has 1 saturated heterocycles. The van der Waals surface area contributed by atoms with Crippen molar-refractivity contribution in [3.63, 3.8) is 0 Å². The lowest BCUT2D eigenvalue weighted by molar-refractivity contribution is 0.0534. The van der Waals surface area contributed by atoms with Crippen LogP contribution in [0, 0.1) is 0 Å². The number of fused-ring (bicyclic) bond motifs is 1. The third-order valence-corrected chi connectivity index (χ3v) is 4.64. The zero-order valence-electron chi connectivity index (χ0n) is 15.1. The van der Waals surface area contributed by atoms with Gasteiger partial charge in [0.25, 0.3) is 11.5 Å². The SMILES string of the molecule is CCN(CC1CCCO1)C(=O)c1nn(C(C)C)c(=O)c2ccccc12. The van der Waals surface area contributed by atoms with Gasteiger partial charge in [0.15, 0.2) is 5.69 Å². The van der Waals surface area contributed by atoms with Crippen molar-refractivity contribution in [1.82, 2.24) is 14.7 Å². The van der Waals surface area contributed by atoms with Gasteiger partial charge < -0.3 is 9.64 Å². The van der Waals surface area contributed by atoms with Gasteiger partial charge in [-0.1, -0.05) is 18.2 Å². The number of carbonyl (C=O) groups is 1. The number of rotatable bonds is 5. The number of ether oxygens (including phenoxy) is 1. The van der Waals surface area contributed by atoms with Crippen LogP contribution in [0.4, 0.5) is 0 Å². The minimum atomic E-state index is -0.163. The second-order valence-corrected chi connectivity index (χ2v) is 6.72. The maximum atomic E-state index is 13.2. The maximum absolute atomic E-state index is 13.2. The Morgan fingerprint density at radius 1 is 1.36 bits per heavy atom. The fourth-order valence-electron chi connectivity index (χ4n) is 3.25. The zero-order chi connectivity index (χ0) is 18.0. The van der Waals surface area contributed by atoms with Crippen LogP contribution in [0.2, 0.25) is 0 Å². The van der Waals surface area contributed by atoms with Crippen molar-refractivity contribution in [2.24, 2.45) is 0 Å². The van der Waals surface area contributed by atoms with Crippen LogP contribution in [0.25, 0.3) is 10.8 Å². The van der Waals surface area contributed by atoms with Gasteiger partial charge in [0, 0.05) is 25.1 Å². The predicted octanol–water partition coefficient (Wildman–Crippen LogP) is 2.62. The van der Waals surface area contributed by atoms with Gasteiger partial charge in [0.1, 0.15) is 0 Å². The summed E-state index contributed by atoms with van der Waals surface area (Å²) in [6, 6.07) is 7.08. The Balaban J connectivity index is 2.05. The molecule has 1 amide bonds. The molecule has 1 aliphatic heterocycles. The summed E-state index contributed by atoms with van der Waals surface area (Å²) in [6.07, 6.45) is 2.10. The van der Waals surface area contributed by atoms with E-state index in [1.807, 2.05) is 32.9 Å². The van der Waals surface area contributed by atoms with E-state index in [1.54, 1.807) is 17.0 Å². The summed E-state index contributed by atoms with van der Waals surface area (Å²) in [5.41, 5.74) is 0.174. The van der Waals surface area contributed by atoms with Gasteiger partial charge in [-0.3, -0.25) is 9.59 Å². The summed E-state index contributed by atoms with van der Waals surface area (Å²) in [5.74, 6) is -0.149. The standard InChI is InChI=1S/C19H25N3O3/c1-4-21(12-14-8-7-11-25-14)19(24)17-15-9-5-6-10-16(15)18(23)22(20-17)13(2)3/h5-6,9-10,13-14H,4,7-8,11-12H2,1-3H3. The average molecular weight is 343 g/mol. The van der Waals surface area contributed by atoms with Gasteiger partial charge in [-0.2, -0.15) is 5.10 Å². The second-order valence-electron chi connectivity index (χ2n) is 6.72. The molecule has 2 aromatic rings. The van der Waals surface area contributed by atoms with Crippen molar-refractivity contribution < 1.29 is 9.53 Å². The summed E-state index contributed by atoms with van der Waals surface area (Å²) in [5, 5.41) is 5.56. The molecule has 2 heterocycles. The highest BCUT2D eigenvalue weighted by molar-refractivity contribution is 6.04. The molecule has 0 spiro atoms. The summed E-state index contributed by atoms with van der Waals surface area (Å²) >= 11 is 0. The quantitative estimate of drug-likeness (QED) is 0.837. The van der Waals surface area contributed by atoms with E-state index in [1.165, 1.54) is 4.68 Å². The fourth-order valence-corrected chi connectivity index (χ4v) is 3.25. The molecule has 1 aromatic heterocycles. The molecule has 0 radical (unpaired) electrons. The van der Waals surface area contributed by atoms with Crippen LogP contribution >= 0.6 is 0 Å². The summed E-state index contributed by atoms with van der Waals surface area (Å²) < 4.78 is 7.07. The molecule has 25 heavy (non-hydrogen) atoms. The number of benzene rings is 1. The van der Waals surface area contributed by atoms with Crippen LogP contribution in [0.15, 0.2) is 29.1 Å². The summed E-state index contributed by atoms with van der Waals surface area (Å²) in [7, 11) is 0. The second kappa shape index (κ2) is 7.35. The molecule has 1 aromatic carbocycles. The van der Waals surface area contributed by atoms with Gasteiger partial charge in [0.2, 0.25) is 0 Å². The minimum absolute atomic E-state index is 0.0890. The lowest BCUT2D eigenvalue weighted by Gasteiger charge is -2.24. The van der Waals surface area contributed by atoms with Gasteiger partial charge in [-0.15, -0.1) is 0 Å². The third-order valence-electron chi connectivity index (χ3n) is 4.64. The van der Waals surface area contributed by atoms with Crippen molar-refractivity contribution in [2.75, 3.05) is 19.7 Å². The Bertz CT molecular complexity index is 822. The van der Waals surface area contributed by atoms with E-state index in [9.17, 15) is 9.59 Å². The molecule has 1 aliphatic rings. The van der Waals surface area contributed by atoms with Gasteiger partial charge >= 0.3 is 0 Å². The van der Waals surface area contributed by atoms with E-state index in [-0.39, 0.29) is 23.6 Å². The van der Waals surface area contributed by atoms with Crippen molar-refractivity contribution in [2.45, 2.75) is 45.8 Å². The normalized spacial score (nSPS) is 17.4. The summed E-state index contributed by atoms with van der Waals surface area (Å²) in [4.78, 5) is 27.5. The van der Waals surface area contributed by atoms with Crippen LogP contribution in [0.1, 0.15) is 50.1 Å². The number of carbonyl (C=O) groups excluding carboxylic acids is 1. The van der Waals surface area contributed by atoms with E-state index in [0.717, 1.165) is 19.4 Å². The molecule has 6 nitrogen and oxygen atoms in total. The highest BCUT2D eigenvalue weighted by Crippen LogP contribution is 2.19. The number of hydrogen-bond acceptors (Lipinski definition) is 4. The van der Waals surface area contributed by atoms with Crippen LogP contribution in [0.5, 0.6) is 0 Å². The van der Waals surface area contributed by atoms with Crippen LogP contribution in [0.3, 0.4) is 0 Å². The first-order valence-electron chi connectivity index (χ1n) is 8.95. The van der Waals surface area contributed by atoms with Crippen molar-refractivity contribution in [3.8, 4) is 0 Å². The molecule has 1 atom stereocenters. The highest BCUT2D eigenvalue weighted by Gasteiger charge is 2.25. The average Bonchev–Trinajstić information content (AvgIpc) is 3.12. The zero-order valence-corrected chi connectivity index (χ0v) is 15.1. The molecule has 134 valence electrons. The Kier molecular flexibility index (Phi) is 5.18. The van der Waals surface area contributed by atoms with Crippen LogP contribution in [-0.2, 0) is 4.74 Å². The predicted molar refractivity (Wildman–Crippen MR) is 96.9 cm³/mol. The molecule has 0 aliphatic carbocycles. The Morgan fingerprint density at radius 2 is 2.08 bits per heavy atom. The van der Waals surface area contributed by atoms with Gasteiger partial charge in [-0.05, 0) is 39.7 Å². The van der Waals surface area contributed by atoms with Gasteiger partial charge in [0.05, 0.1) is 17.5 Å².